The van der Waals surface area contributed by atoms with Gasteiger partial charge in [-0.05, 0) is 54.6 Å². The third-order valence-electron chi connectivity index (χ3n) is 5.15. The van der Waals surface area contributed by atoms with Crippen molar-refractivity contribution in [3.05, 3.63) is 94.9 Å². The van der Waals surface area contributed by atoms with Crippen molar-refractivity contribution < 1.29 is 23.5 Å². The van der Waals surface area contributed by atoms with Gasteiger partial charge >= 0.3 is 5.97 Å². The van der Waals surface area contributed by atoms with Crippen LogP contribution in [-0.2, 0) is 4.74 Å². The van der Waals surface area contributed by atoms with Gasteiger partial charge in [0.1, 0.15) is 5.75 Å². The molecule has 1 heterocycles. The normalized spacial score (nSPS) is 10.4. The number of carbonyl (C=O) groups excluding carboxylic acids is 2. The van der Waals surface area contributed by atoms with Crippen LogP contribution in [0.1, 0.15) is 20.7 Å². The van der Waals surface area contributed by atoms with E-state index in [1.165, 1.54) is 20.3 Å². The summed E-state index contributed by atoms with van der Waals surface area (Å²) in [6.07, 6.45) is 1.01. The fourth-order valence-electron chi connectivity index (χ4n) is 3.27. The third-order valence-corrected chi connectivity index (χ3v) is 5.47. The van der Waals surface area contributed by atoms with Crippen molar-refractivity contribution >= 4 is 52.3 Å². The van der Waals surface area contributed by atoms with E-state index in [2.05, 4.69) is 25.9 Å². The Hall–Kier alpha value is -4.70. The predicted molar refractivity (Wildman–Crippen MR) is 139 cm³/mol. The highest BCUT2D eigenvalue weighted by Crippen LogP contribution is 2.29. The summed E-state index contributed by atoms with van der Waals surface area (Å²) in [6, 6.07) is 17.9. The van der Waals surface area contributed by atoms with Gasteiger partial charge in [-0.3, -0.25) is 4.79 Å². The number of para-hydroxylation sites is 1. The molecule has 0 radical (unpaired) electrons. The van der Waals surface area contributed by atoms with Crippen LogP contribution in [0.4, 0.5) is 33.2 Å². The van der Waals surface area contributed by atoms with Gasteiger partial charge in [0.2, 0.25) is 5.95 Å². The van der Waals surface area contributed by atoms with Gasteiger partial charge in [0, 0.05) is 11.3 Å². The lowest BCUT2D eigenvalue weighted by molar-refractivity contribution is 0.0600. The number of aromatic nitrogens is 2. The average Bonchev–Trinajstić information content (AvgIpc) is 2.92. The zero-order valence-corrected chi connectivity index (χ0v) is 20.5. The lowest BCUT2D eigenvalue weighted by Gasteiger charge is -2.13. The Kier molecular flexibility index (Phi) is 7.80. The Bertz CT molecular complexity index is 1450. The zero-order valence-electron chi connectivity index (χ0n) is 19.7. The fraction of sp³-hybridized carbons (Fsp3) is 0.0769. The average molecular weight is 522 g/mol. The van der Waals surface area contributed by atoms with Gasteiger partial charge in [0.05, 0.1) is 42.4 Å². The second-order valence-corrected chi connectivity index (χ2v) is 7.97. The highest BCUT2D eigenvalue weighted by Gasteiger charge is 2.14. The molecule has 0 unspecified atom stereocenters. The number of esters is 1. The highest BCUT2D eigenvalue weighted by molar-refractivity contribution is 6.33. The van der Waals surface area contributed by atoms with Crippen molar-refractivity contribution in [2.45, 2.75) is 0 Å². The number of halogens is 2. The molecule has 0 spiro atoms. The number of benzene rings is 3. The SMILES string of the molecule is COC(=O)c1ccc(Nc2ncc(F)c(Nc3ccc(C(=O)Nc4ccccc4Cl)cc3)n2)c(OC)c1. The molecule has 1 amide bonds. The molecule has 1 aromatic heterocycles. The quantitative estimate of drug-likeness (QED) is 0.249. The minimum absolute atomic E-state index is 0.0868. The smallest absolute Gasteiger partial charge is 0.337 e. The molecule has 0 atom stereocenters. The van der Waals surface area contributed by atoms with Crippen molar-refractivity contribution in [3.8, 4) is 5.75 Å². The molecule has 11 heteroatoms. The molecule has 4 rings (SSSR count). The predicted octanol–water partition coefficient (Wildman–Crippen LogP) is 5.80. The molecular weight excluding hydrogens is 501 g/mol. The molecule has 9 nitrogen and oxygen atoms in total. The van der Waals surface area contributed by atoms with E-state index >= 15 is 0 Å². The van der Waals surface area contributed by atoms with E-state index in [1.807, 2.05) is 0 Å². The number of ether oxygens (including phenoxy) is 2. The van der Waals surface area contributed by atoms with Crippen molar-refractivity contribution in [3.63, 3.8) is 0 Å². The van der Waals surface area contributed by atoms with E-state index in [-0.39, 0.29) is 17.7 Å². The number of nitrogens with one attached hydrogen (secondary N) is 3. The number of nitrogens with zero attached hydrogens (tertiary/aromatic N) is 2. The minimum atomic E-state index is -0.681. The van der Waals surface area contributed by atoms with Crippen LogP contribution >= 0.6 is 11.6 Å². The van der Waals surface area contributed by atoms with E-state index in [1.54, 1.807) is 60.7 Å². The first-order valence-corrected chi connectivity index (χ1v) is 11.2. The number of hydrogen-bond donors (Lipinski definition) is 3. The number of amides is 1. The summed E-state index contributed by atoms with van der Waals surface area (Å²) in [6.45, 7) is 0. The molecule has 0 bridgehead atoms. The molecule has 0 fully saturated rings. The fourth-order valence-corrected chi connectivity index (χ4v) is 3.46. The standard InChI is InChI=1S/C26H21ClFN5O4/c1-36-22-13-16(25(35)37-2)9-12-21(22)32-26-29-14-19(28)23(33-26)30-17-10-7-15(8-11-17)24(34)31-20-6-4-3-5-18(20)27/h3-14H,1-2H3,(H,31,34)(H2,29,30,32,33). The number of carbonyl (C=O) groups is 2. The topological polar surface area (TPSA) is 114 Å². The first kappa shape index (κ1) is 25.4. The second-order valence-electron chi connectivity index (χ2n) is 7.56. The maximum Gasteiger partial charge on any atom is 0.337 e. The Balaban J connectivity index is 1.47. The van der Waals surface area contributed by atoms with Gasteiger partial charge in [-0.25, -0.2) is 14.2 Å². The van der Waals surface area contributed by atoms with Crippen LogP contribution in [0.2, 0.25) is 5.02 Å². The zero-order chi connectivity index (χ0) is 26.4. The van der Waals surface area contributed by atoms with E-state index in [0.29, 0.717) is 39.0 Å². The van der Waals surface area contributed by atoms with Crippen LogP contribution in [0.5, 0.6) is 5.75 Å². The van der Waals surface area contributed by atoms with Crippen LogP contribution in [0.15, 0.2) is 72.9 Å². The van der Waals surface area contributed by atoms with Gasteiger partial charge in [0.15, 0.2) is 11.6 Å². The number of anilines is 5. The van der Waals surface area contributed by atoms with Crippen LogP contribution in [0, 0.1) is 5.82 Å². The molecule has 3 N–H and O–H groups in total. The molecular formula is C26H21ClFN5O4. The van der Waals surface area contributed by atoms with E-state index < -0.39 is 11.8 Å². The Morgan fingerprint density at radius 1 is 0.919 bits per heavy atom. The van der Waals surface area contributed by atoms with Crippen LogP contribution in [-0.4, -0.2) is 36.1 Å². The van der Waals surface area contributed by atoms with Gasteiger partial charge in [-0.15, -0.1) is 0 Å². The molecule has 0 saturated heterocycles. The summed E-state index contributed by atoms with van der Waals surface area (Å²) in [7, 11) is 2.73. The maximum atomic E-state index is 14.4. The Labute approximate surface area is 216 Å². The first-order valence-electron chi connectivity index (χ1n) is 10.9. The number of methoxy groups -OCH3 is 2. The van der Waals surface area contributed by atoms with Crippen LogP contribution in [0.3, 0.4) is 0 Å². The molecule has 0 saturated carbocycles. The number of hydrogen-bond acceptors (Lipinski definition) is 8. The molecule has 3 aromatic carbocycles. The molecule has 4 aromatic rings. The Morgan fingerprint density at radius 2 is 1.65 bits per heavy atom. The van der Waals surface area contributed by atoms with E-state index in [9.17, 15) is 14.0 Å². The van der Waals surface area contributed by atoms with Crippen molar-refractivity contribution in [2.24, 2.45) is 0 Å². The van der Waals surface area contributed by atoms with Crippen LogP contribution in [0.25, 0.3) is 0 Å². The first-order chi connectivity index (χ1) is 17.9. The summed E-state index contributed by atoms with van der Waals surface area (Å²) < 4.78 is 24.5. The van der Waals surface area contributed by atoms with E-state index in [0.717, 1.165) is 6.20 Å². The molecule has 37 heavy (non-hydrogen) atoms. The van der Waals surface area contributed by atoms with Gasteiger partial charge in [-0.2, -0.15) is 4.98 Å². The highest BCUT2D eigenvalue weighted by atomic mass is 35.5. The van der Waals surface area contributed by atoms with Crippen LogP contribution < -0.4 is 20.7 Å². The lowest BCUT2D eigenvalue weighted by Crippen LogP contribution is -2.12. The largest absolute Gasteiger partial charge is 0.495 e. The van der Waals surface area contributed by atoms with Gasteiger partial charge in [-0.1, -0.05) is 23.7 Å². The summed E-state index contributed by atoms with van der Waals surface area (Å²) in [5.41, 5.74) is 2.14. The monoisotopic (exact) mass is 521 g/mol. The lowest BCUT2D eigenvalue weighted by atomic mass is 10.2. The Morgan fingerprint density at radius 3 is 2.35 bits per heavy atom. The number of rotatable bonds is 8. The summed E-state index contributed by atoms with van der Waals surface area (Å²) in [4.78, 5) is 32.4. The van der Waals surface area contributed by atoms with Crippen molar-refractivity contribution in [1.29, 1.82) is 0 Å². The van der Waals surface area contributed by atoms with Gasteiger partial charge in [0.25, 0.3) is 5.91 Å². The third kappa shape index (κ3) is 6.11. The summed E-state index contributed by atoms with van der Waals surface area (Å²) in [5.74, 6) is -1.19. The molecule has 0 aliphatic rings. The van der Waals surface area contributed by atoms with Crippen molar-refractivity contribution in [2.75, 3.05) is 30.2 Å². The molecule has 0 aliphatic heterocycles. The van der Waals surface area contributed by atoms with Crippen molar-refractivity contribution in [1.82, 2.24) is 9.97 Å². The summed E-state index contributed by atoms with van der Waals surface area (Å²) >= 11 is 6.09. The maximum absolute atomic E-state index is 14.4. The second kappa shape index (κ2) is 11.4. The summed E-state index contributed by atoms with van der Waals surface area (Å²) in [5, 5.41) is 8.98. The van der Waals surface area contributed by atoms with E-state index in [4.69, 9.17) is 21.1 Å². The van der Waals surface area contributed by atoms with Gasteiger partial charge < -0.3 is 25.4 Å². The molecule has 0 aliphatic carbocycles. The minimum Gasteiger partial charge on any atom is -0.495 e. The molecule has 188 valence electrons.